The molecule has 1 aromatic carbocycles. The summed E-state index contributed by atoms with van der Waals surface area (Å²) < 4.78 is 11.4. The lowest BCUT2D eigenvalue weighted by molar-refractivity contribution is 0.306. The molecule has 0 spiro atoms. The molecule has 0 aliphatic heterocycles. The van der Waals surface area contributed by atoms with Gasteiger partial charge in [-0.3, -0.25) is 0 Å². The Balaban J connectivity index is 2.94. The number of benzene rings is 1. The van der Waals surface area contributed by atoms with Gasteiger partial charge in [0.25, 0.3) is 0 Å². The number of unbranched alkanes of at least 4 members (excludes halogenated alkanes) is 1. The SMILES string of the molecule is CCCCOc1c(Br)cc(OC)cc1C#N. The first-order valence-corrected chi connectivity index (χ1v) is 5.92. The first-order chi connectivity index (χ1) is 7.72. The number of rotatable bonds is 5. The maximum atomic E-state index is 9.01. The number of hydrogen-bond donors (Lipinski definition) is 0. The highest BCUT2D eigenvalue weighted by atomic mass is 79.9. The van der Waals surface area contributed by atoms with E-state index in [2.05, 4.69) is 28.9 Å². The van der Waals surface area contributed by atoms with E-state index in [9.17, 15) is 0 Å². The van der Waals surface area contributed by atoms with Crippen LogP contribution in [0, 0.1) is 11.3 Å². The first kappa shape index (κ1) is 12.9. The largest absolute Gasteiger partial charge is 0.497 e. The van der Waals surface area contributed by atoms with Gasteiger partial charge in [0.05, 0.1) is 23.8 Å². The van der Waals surface area contributed by atoms with Crippen molar-refractivity contribution in [3.63, 3.8) is 0 Å². The van der Waals surface area contributed by atoms with Gasteiger partial charge < -0.3 is 9.47 Å². The fourth-order valence-electron chi connectivity index (χ4n) is 1.23. The number of ether oxygens (including phenoxy) is 2. The Morgan fingerprint density at radius 3 is 2.75 bits per heavy atom. The van der Waals surface area contributed by atoms with Crippen molar-refractivity contribution in [1.82, 2.24) is 0 Å². The van der Waals surface area contributed by atoms with Crippen molar-refractivity contribution < 1.29 is 9.47 Å². The maximum absolute atomic E-state index is 9.01. The Kier molecular flexibility index (Phi) is 5.13. The Labute approximate surface area is 104 Å². The zero-order valence-corrected chi connectivity index (χ0v) is 11.0. The number of methoxy groups -OCH3 is 1. The average molecular weight is 284 g/mol. The lowest BCUT2D eigenvalue weighted by Gasteiger charge is -2.10. The highest BCUT2D eigenvalue weighted by molar-refractivity contribution is 9.10. The van der Waals surface area contributed by atoms with Crippen molar-refractivity contribution in [3.05, 3.63) is 22.2 Å². The van der Waals surface area contributed by atoms with Crippen molar-refractivity contribution in [1.29, 1.82) is 5.26 Å². The minimum Gasteiger partial charge on any atom is -0.497 e. The van der Waals surface area contributed by atoms with Crippen molar-refractivity contribution in [2.24, 2.45) is 0 Å². The van der Waals surface area contributed by atoms with Crippen molar-refractivity contribution in [2.45, 2.75) is 19.8 Å². The first-order valence-electron chi connectivity index (χ1n) is 5.13. The summed E-state index contributed by atoms with van der Waals surface area (Å²) in [5.74, 6) is 1.24. The van der Waals surface area contributed by atoms with Crippen LogP contribution < -0.4 is 9.47 Å². The molecule has 1 rings (SSSR count). The molecule has 0 bridgehead atoms. The van der Waals surface area contributed by atoms with E-state index in [4.69, 9.17) is 14.7 Å². The fraction of sp³-hybridized carbons (Fsp3) is 0.417. The molecule has 86 valence electrons. The van der Waals surface area contributed by atoms with E-state index >= 15 is 0 Å². The summed E-state index contributed by atoms with van der Waals surface area (Å²) in [4.78, 5) is 0. The van der Waals surface area contributed by atoms with E-state index in [0.717, 1.165) is 17.3 Å². The smallest absolute Gasteiger partial charge is 0.151 e. The summed E-state index contributed by atoms with van der Waals surface area (Å²) in [5.41, 5.74) is 0.488. The van der Waals surface area contributed by atoms with E-state index in [-0.39, 0.29) is 0 Å². The van der Waals surface area contributed by atoms with Gasteiger partial charge >= 0.3 is 0 Å². The van der Waals surface area contributed by atoms with Gasteiger partial charge in [0.2, 0.25) is 0 Å². The van der Waals surface area contributed by atoms with Gasteiger partial charge in [-0.05, 0) is 28.4 Å². The molecule has 0 N–H and O–H groups in total. The topological polar surface area (TPSA) is 42.2 Å². The molecule has 0 amide bonds. The summed E-state index contributed by atoms with van der Waals surface area (Å²) in [6, 6.07) is 5.57. The maximum Gasteiger partial charge on any atom is 0.151 e. The van der Waals surface area contributed by atoms with Crippen LogP contribution in [0.25, 0.3) is 0 Å². The molecule has 0 heterocycles. The molecule has 0 radical (unpaired) electrons. The zero-order valence-electron chi connectivity index (χ0n) is 9.42. The highest BCUT2D eigenvalue weighted by Gasteiger charge is 2.10. The standard InChI is InChI=1S/C12H14BrNO2/c1-3-4-5-16-12-9(8-14)6-10(15-2)7-11(12)13/h6-7H,3-5H2,1-2H3. The Bertz CT molecular complexity index is 399. The van der Waals surface area contributed by atoms with Crippen LogP contribution in [0.4, 0.5) is 0 Å². The van der Waals surface area contributed by atoms with Gasteiger partial charge in [-0.25, -0.2) is 0 Å². The summed E-state index contributed by atoms with van der Waals surface area (Å²) in [5, 5.41) is 9.01. The molecule has 4 heteroatoms. The molecule has 0 unspecified atom stereocenters. The molecule has 0 aliphatic rings. The minimum atomic E-state index is 0.488. The third-order valence-electron chi connectivity index (χ3n) is 2.12. The van der Waals surface area contributed by atoms with Crippen molar-refractivity contribution in [2.75, 3.05) is 13.7 Å². The van der Waals surface area contributed by atoms with Gasteiger partial charge in [-0.1, -0.05) is 13.3 Å². The molecule has 0 saturated heterocycles. The van der Waals surface area contributed by atoms with Gasteiger partial charge in [-0.15, -0.1) is 0 Å². The predicted molar refractivity (Wildman–Crippen MR) is 65.8 cm³/mol. The number of nitriles is 1. The van der Waals surface area contributed by atoms with Gasteiger partial charge in [-0.2, -0.15) is 5.26 Å². The summed E-state index contributed by atoms with van der Waals surface area (Å²) in [7, 11) is 1.57. The van der Waals surface area contributed by atoms with Crippen LogP contribution in [0.1, 0.15) is 25.3 Å². The van der Waals surface area contributed by atoms with E-state index in [1.165, 1.54) is 0 Å². The quantitative estimate of drug-likeness (QED) is 0.777. The van der Waals surface area contributed by atoms with E-state index < -0.39 is 0 Å². The predicted octanol–water partition coefficient (Wildman–Crippen LogP) is 3.51. The summed E-state index contributed by atoms with van der Waals surface area (Å²) in [6.45, 7) is 2.72. The van der Waals surface area contributed by atoms with Gasteiger partial charge in [0, 0.05) is 6.07 Å². The second-order valence-electron chi connectivity index (χ2n) is 3.30. The molecule has 16 heavy (non-hydrogen) atoms. The fourth-order valence-corrected chi connectivity index (χ4v) is 1.79. The third kappa shape index (κ3) is 3.14. The Morgan fingerprint density at radius 2 is 2.19 bits per heavy atom. The highest BCUT2D eigenvalue weighted by Crippen LogP contribution is 2.33. The Hall–Kier alpha value is -1.21. The molecule has 0 aromatic heterocycles. The van der Waals surface area contributed by atoms with Crippen molar-refractivity contribution >= 4 is 15.9 Å². The van der Waals surface area contributed by atoms with Gasteiger partial charge in [0.1, 0.15) is 11.8 Å². The average Bonchev–Trinajstić information content (AvgIpc) is 2.30. The molecule has 0 fully saturated rings. The molecule has 1 aromatic rings. The lowest BCUT2D eigenvalue weighted by Crippen LogP contribution is -2.00. The van der Waals surface area contributed by atoms with E-state index in [1.54, 1.807) is 19.2 Å². The monoisotopic (exact) mass is 283 g/mol. The second-order valence-corrected chi connectivity index (χ2v) is 4.15. The number of halogens is 1. The number of hydrogen-bond acceptors (Lipinski definition) is 3. The molecule has 0 atom stereocenters. The van der Waals surface area contributed by atoms with Crippen LogP contribution >= 0.6 is 15.9 Å². The van der Waals surface area contributed by atoms with Gasteiger partial charge in [0.15, 0.2) is 5.75 Å². The minimum absolute atomic E-state index is 0.488. The van der Waals surface area contributed by atoms with Crippen LogP contribution in [-0.2, 0) is 0 Å². The summed E-state index contributed by atoms with van der Waals surface area (Å²) in [6.07, 6.45) is 2.04. The summed E-state index contributed by atoms with van der Waals surface area (Å²) >= 11 is 3.38. The molecule has 0 aliphatic carbocycles. The van der Waals surface area contributed by atoms with Crippen molar-refractivity contribution in [3.8, 4) is 17.6 Å². The molecular weight excluding hydrogens is 270 g/mol. The normalized spacial score (nSPS) is 9.62. The Morgan fingerprint density at radius 1 is 1.44 bits per heavy atom. The van der Waals surface area contributed by atoms with E-state index in [1.807, 2.05) is 0 Å². The number of nitrogens with zero attached hydrogens (tertiary/aromatic N) is 1. The van der Waals surface area contributed by atoms with Crippen LogP contribution in [0.5, 0.6) is 11.5 Å². The molecule has 0 saturated carbocycles. The second kappa shape index (κ2) is 6.39. The molecule has 3 nitrogen and oxygen atoms in total. The van der Waals surface area contributed by atoms with Crippen LogP contribution in [-0.4, -0.2) is 13.7 Å². The van der Waals surface area contributed by atoms with Crippen LogP contribution in [0.3, 0.4) is 0 Å². The lowest BCUT2D eigenvalue weighted by atomic mass is 10.2. The zero-order chi connectivity index (χ0) is 12.0. The third-order valence-corrected chi connectivity index (χ3v) is 2.71. The van der Waals surface area contributed by atoms with Crippen LogP contribution in [0.15, 0.2) is 16.6 Å². The molecular formula is C12H14BrNO2. The van der Waals surface area contributed by atoms with E-state index in [0.29, 0.717) is 23.7 Å². The van der Waals surface area contributed by atoms with Crippen LogP contribution in [0.2, 0.25) is 0 Å².